The average molecular weight is 185 g/mol. The maximum atomic E-state index is 9.37. The Morgan fingerprint density at radius 1 is 1.54 bits per heavy atom. The van der Waals surface area contributed by atoms with Gasteiger partial charge in [0.15, 0.2) is 0 Å². The summed E-state index contributed by atoms with van der Waals surface area (Å²) in [6.45, 7) is 5.58. The Morgan fingerprint density at radius 3 is 3.00 bits per heavy atom. The summed E-state index contributed by atoms with van der Waals surface area (Å²) in [5.74, 6) is 0. The van der Waals surface area contributed by atoms with Gasteiger partial charge in [-0.25, -0.2) is 0 Å². The average Bonchev–Trinajstić information content (AvgIpc) is 2.64. The molecule has 2 fully saturated rings. The highest BCUT2D eigenvalue weighted by Gasteiger charge is 2.43. The fourth-order valence-corrected chi connectivity index (χ4v) is 2.64. The molecule has 2 atom stereocenters. The molecule has 2 aliphatic rings. The molecule has 0 aromatic carbocycles. The first-order chi connectivity index (χ1) is 6.23. The molecule has 0 saturated carbocycles. The first-order valence-electron chi connectivity index (χ1n) is 5.24. The van der Waals surface area contributed by atoms with Crippen LogP contribution in [0.1, 0.15) is 26.2 Å². The van der Waals surface area contributed by atoms with Crippen LogP contribution in [0.15, 0.2) is 0 Å². The van der Waals surface area contributed by atoms with E-state index in [0.717, 1.165) is 32.7 Å². The van der Waals surface area contributed by atoms with Crippen molar-refractivity contribution in [1.29, 1.82) is 0 Å². The third-order valence-corrected chi connectivity index (χ3v) is 3.31. The molecule has 1 N–H and O–H groups in total. The molecule has 13 heavy (non-hydrogen) atoms. The Bertz CT molecular complexity index is 170. The standard InChI is InChI=1S/C10H19NO2/c1-9(12)7-11-5-2-3-10(11)4-6-13-8-10/h9,12H,2-8H2,1H3. The van der Waals surface area contributed by atoms with Gasteiger partial charge in [0.05, 0.1) is 12.7 Å². The molecule has 3 nitrogen and oxygen atoms in total. The van der Waals surface area contributed by atoms with Crippen molar-refractivity contribution < 1.29 is 9.84 Å². The first-order valence-corrected chi connectivity index (χ1v) is 5.24. The number of likely N-dealkylation sites (tertiary alicyclic amines) is 1. The van der Waals surface area contributed by atoms with Gasteiger partial charge in [0, 0.05) is 18.7 Å². The van der Waals surface area contributed by atoms with Gasteiger partial charge in [-0.1, -0.05) is 0 Å². The Hall–Kier alpha value is -0.120. The molecule has 2 rings (SSSR count). The quantitative estimate of drug-likeness (QED) is 0.684. The minimum Gasteiger partial charge on any atom is -0.392 e. The molecule has 2 aliphatic heterocycles. The molecule has 1 spiro atoms. The topological polar surface area (TPSA) is 32.7 Å². The molecular formula is C10H19NO2. The van der Waals surface area contributed by atoms with Gasteiger partial charge in [-0.15, -0.1) is 0 Å². The number of hydrogen-bond donors (Lipinski definition) is 1. The van der Waals surface area contributed by atoms with Crippen LogP contribution in [0.5, 0.6) is 0 Å². The van der Waals surface area contributed by atoms with E-state index in [9.17, 15) is 5.11 Å². The van der Waals surface area contributed by atoms with E-state index in [0.29, 0.717) is 0 Å². The van der Waals surface area contributed by atoms with Crippen molar-refractivity contribution in [3.05, 3.63) is 0 Å². The van der Waals surface area contributed by atoms with E-state index in [1.165, 1.54) is 12.8 Å². The van der Waals surface area contributed by atoms with Crippen molar-refractivity contribution >= 4 is 0 Å². The van der Waals surface area contributed by atoms with Gasteiger partial charge in [0.25, 0.3) is 0 Å². The summed E-state index contributed by atoms with van der Waals surface area (Å²) >= 11 is 0. The van der Waals surface area contributed by atoms with E-state index < -0.39 is 0 Å². The third-order valence-electron chi connectivity index (χ3n) is 3.31. The van der Waals surface area contributed by atoms with E-state index in [1.807, 2.05) is 6.92 Å². The number of hydrogen-bond acceptors (Lipinski definition) is 3. The van der Waals surface area contributed by atoms with Crippen LogP contribution in [-0.4, -0.2) is 48.0 Å². The molecule has 2 heterocycles. The van der Waals surface area contributed by atoms with Gasteiger partial charge in [0.2, 0.25) is 0 Å². The first kappa shape index (κ1) is 9.44. The number of nitrogens with zero attached hydrogens (tertiary/aromatic N) is 1. The zero-order chi connectivity index (χ0) is 9.31. The van der Waals surface area contributed by atoms with Crippen molar-refractivity contribution in [2.24, 2.45) is 0 Å². The Labute approximate surface area is 79.7 Å². The van der Waals surface area contributed by atoms with Crippen molar-refractivity contribution in [2.75, 3.05) is 26.3 Å². The lowest BCUT2D eigenvalue weighted by molar-refractivity contribution is 0.0586. The van der Waals surface area contributed by atoms with Crippen LogP contribution in [0.3, 0.4) is 0 Å². The van der Waals surface area contributed by atoms with Crippen LogP contribution in [-0.2, 0) is 4.74 Å². The minimum atomic E-state index is -0.212. The lowest BCUT2D eigenvalue weighted by atomic mass is 9.95. The smallest absolute Gasteiger partial charge is 0.0651 e. The highest BCUT2D eigenvalue weighted by atomic mass is 16.5. The number of β-amino-alcohol motifs (C(OH)–C–C–N with tert-alkyl or cyclic N) is 1. The molecule has 76 valence electrons. The van der Waals surface area contributed by atoms with E-state index in [-0.39, 0.29) is 11.6 Å². The molecule has 3 heteroatoms. The Balaban J connectivity index is 2.00. The van der Waals surface area contributed by atoms with Crippen LogP contribution in [0, 0.1) is 0 Å². The van der Waals surface area contributed by atoms with Gasteiger partial charge in [-0.05, 0) is 32.7 Å². The maximum absolute atomic E-state index is 9.37. The summed E-state index contributed by atoms with van der Waals surface area (Å²) in [4.78, 5) is 2.42. The zero-order valence-electron chi connectivity index (χ0n) is 8.33. The van der Waals surface area contributed by atoms with Crippen LogP contribution in [0.4, 0.5) is 0 Å². The number of aliphatic hydroxyl groups is 1. The normalized spacial score (nSPS) is 37.4. The molecule has 2 saturated heterocycles. The number of ether oxygens (including phenoxy) is 1. The second-order valence-electron chi connectivity index (χ2n) is 4.43. The largest absolute Gasteiger partial charge is 0.392 e. The lowest BCUT2D eigenvalue weighted by Gasteiger charge is -2.34. The Kier molecular flexibility index (Phi) is 2.58. The zero-order valence-corrected chi connectivity index (χ0v) is 8.33. The van der Waals surface area contributed by atoms with Crippen LogP contribution in [0.25, 0.3) is 0 Å². The molecule has 0 bridgehead atoms. The number of aliphatic hydroxyl groups excluding tert-OH is 1. The maximum Gasteiger partial charge on any atom is 0.0651 e. The van der Waals surface area contributed by atoms with Crippen LogP contribution in [0.2, 0.25) is 0 Å². The third kappa shape index (κ3) is 1.73. The summed E-state index contributed by atoms with van der Waals surface area (Å²) in [6, 6.07) is 0. The molecular weight excluding hydrogens is 166 g/mol. The van der Waals surface area contributed by atoms with Gasteiger partial charge in [0.1, 0.15) is 0 Å². The molecule has 0 radical (unpaired) electrons. The van der Waals surface area contributed by atoms with Gasteiger partial charge < -0.3 is 9.84 Å². The molecule has 2 unspecified atom stereocenters. The second kappa shape index (κ2) is 3.56. The summed E-state index contributed by atoms with van der Waals surface area (Å²) in [7, 11) is 0. The predicted molar refractivity (Wildman–Crippen MR) is 50.7 cm³/mol. The molecule has 0 amide bonds. The highest BCUT2D eigenvalue weighted by molar-refractivity contribution is 4.98. The predicted octanol–water partition coefficient (Wildman–Crippen LogP) is 0.622. The summed E-state index contributed by atoms with van der Waals surface area (Å²) < 4.78 is 5.47. The van der Waals surface area contributed by atoms with E-state index in [2.05, 4.69) is 4.90 Å². The van der Waals surface area contributed by atoms with E-state index in [4.69, 9.17) is 4.74 Å². The van der Waals surface area contributed by atoms with E-state index >= 15 is 0 Å². The van der Waals surface area contributed by atoms with Gasteiger partial charge >= 0.3 is 0 Å². The monoisotopic (exact) mass is 185 g/mol. The molecule has 0 aromatic heterocycles. The van der Waals surface area contributed by atoms with Gasteiger partial charge in [-0.2, -0.15) is 0 Å². The number of rotatable bonds is 2. The highest BCUT2D eigenvalue weighted by Crippen LogP contribution is 2.36. The SMILES string of the molecule is CC(O)CN1CCCC12CCOC2. The summed E-state index contributed by atoms with van der Waals surface area (Å²) in [5.41, 5.74) is 0.289. The lowest BCUT2D eigenvalue weighted by Crippen LogP contribution is -2.47. The summed E-state index contributed by atoms with van der Waals surface area (Å²) in [5, 5.41) is 9.37. The minimum absolute atomic E-state index is 0.212. The van der Waals surface area contributed by atoms with Crippen LogP contribution >= 0.6 is 0 Å². The molecule has 0 aliphatic carbocycles. The van der Waals surface area contributed by atoms with Crippen molar-refractivity contribution in [3.63, 3.8) is 0 Å². The van der Waals surface area contributed by atoms with Crippen molar-refractivity contribution in [1.82, 2.24) is 4.90 Å². The van der Waals surface area contributed by atoms with Crippen molar-refractivity contribution in [3.8, 4) is 0 Å². The van der Waals surface area contributed by atoms with E-state index in [1.54, 1.807) is 0 Å². The van der Waals surface area contributed by atoms with Gasteiger partial charge in [-0.3, -0.25) is 4.90 Å². The fourth-order valence-electron chi connectivity index (χ4n) is 2.64. The Morgan fingerprint density at radius 2 is 2.38 bits per heavy atom. The second-order valence-corrected chi connectivity index (χ2v) is 4.43. The summed E-state index contributed by atoms with van der Waals surface area (Å²) in [6.07, 6.45) is 3.45. The molecule has 0 aromatic rings. The van der Waals surface area contributed by atoms with Crippen molar-refractivity contribution in [2.45, 2.75) is 37.8 Å². The fraction of sp³-hybridized carbons (Fsp3) is 1.00. The van der Waals surface area contributed by atoms with Crippen LogP contribution < -0.4 is 0 Å².